The predicted octanol–water partition coefficient (Wildman–Crippen LogP) is 3.53. The summed E-state index contributed by atoms with van der Waals surface area (Å²) in [6, 6.07) is 10.2. The lowest BCUT2D eigenvalue weighted by molar-refractivity contribution is -0.153. The molecule has 2 saturated carbocycles. The summed E-state index contributed by atoms with van der Waals surface area (Å²) in [6.45, 7) is 0.694. The Hall–Kier alpha value is -0.860. The van der Waals surface area contributed by atoms with Gasteiger partial charge in [-0.05, 0) is 48.3 Å². The Morgan fingerprint density at radius 3 is 2.50 bits per heavy atom. The molecule has 0 heterocycles. The second-order valence-electron chi connectivity index (χ2n) is 5.74. The zero-order valence-electron chi connectivity index (χ0n) is 10.3. The van der Waals surface area contributed by atoms with Gasteiger partial charge < -0.3 is 4.74 Å². The van der Waals surface area contributed by atoms with Crippen LogP contribution in [0.4, 0.5) is 0 Å². The van der Waals surface area contributed by atoms with E-state index in [-0.39, 0.29) is 11.2 Å². The van der Waals surface area contributed by atoms with Gasteiger partial charge in [0.15, 0.2) is 0 Å². The zero-order valence-corrected chi connectivity index (χ0v) is 11.0. The highest BCUT2D eigenvalue weighted by molar-refractivity contribution is 6.64. The van der Waals surface area contributed by atoms with E-state index in [4.69, 9.17) is 16.3 Å². The summed E-state index contributed by atoms with van der Waals surface area (Å²) >= 11 is 5.50. The molecule has 0 bridgehead atoms. The molecule has 0 aromatic heterocycles. The minimum Gasteiger partial charge on any atom is -0.374 e. The summed E-state index contributed by atoms with van der Waals surface area (Å²) in [4.78, 5) is 11.0. The van der Waals surface area contributed by atoms with Gasteiger partial charge in [0.05, 0.1) is 12.7 Å². The summed E-state index contributed by atoms with van der Waals surface area (Å²) in [7, 11) is 0. The number of ether oxygens (including phenoxy) is 1. The number of carbonyl (C=O) groups is 1. The first-order chi connectivity index (χ1) is 8.67. The third-order valence-electron chi connectivity index (χ3n) is 4.33. The van der Waals surface area contributed by atoms with Gasteiger partial charge in [-0.1, -0.05) is 30.3 Å². The maximum absolute atomic E-state index is 11.0. The lowest BCUT2D eigenvalue weighted by atomic mass is 9.51. The Morgan fingerprint density at radius 1 is 1.22 bits per heavy atom. The Labute approximate surface area is 112 Å². The molecule has 1 aromatic rings. The monoisotopic (exact) mass is 264 g/mol. The Balaban J connectivity index is 1.40. The molecular weight excluding hydrogens is 248 g/mol. The van der Waals surface area contributed by atoms with Gasteiger partial charge in [-0.15, -0.1) is 0 Å². The number of hydrogen-bond acceptors (Lipinski definition) is 2. The molecule has 0 atom stereocenters. The maximum atomic E-state index is 11.0. The Kier molecular flexibility index (Phi) is 3.16. The molecule has 2 aliphatic rings. The normalized spacial score (nSPS) is 33.8. The van der Waals surface area contributed by atoms with E-state index in [1.165, 1.54) is 5.56 Å². The number of carbonyl (C=O) groups excluding carboxylic acids is 1. The highest BCUT2D eigenvalue weighted by Gasteiger charge is 2.54. The van der Waals surface area contributed by atoms with Gasteiger partial charge >= 0.3 is 0 Å². The van der Waals surface area contributed by atoms with Crippen LogP contribution in [0.25, 0.3) is 0 Å². The second kappa shape index (κ2) is 4.67. The highest BCUT2D eigenvalue weighted by atomic mass is 35.5. The number of halogens is 1. The van der Waals surface area contributed by atoms with Crippen LogP contribution in [0.15, 0.2) is 30.3 Å². The van der Waals surface area contributed by atoms with Crippen molar-refractivity contribution in [2.24, 2.45) is 11.3 Å². The first-order valence-corrected chi connectivity index (χ1v) is 6.90. The molecule has 0 unspecified atom stereocenters. The summed E-state index contributed by atoms with van der Waals surface area (Å²) in [5.41, 5.74) is 1.61. The molecule has 1 aromatic carbocycles. The molecule has 96 valence electrons. The van der Waals surface area contributed by atoms with Crippen LogP contribution < -0.4 is 0 Å². The fraction of sp³-hybridized carbons (Fsp3) is 0.533. The zero-order chi connectivity index (χ0) is 12.6. The number of benzene rings is 1. The molecular formula is C15H17ClO2. The van der Waals surface area contributed by atoms with E-state index in [0.717, 1.165) is 25.7 Å². The number of hydrogen-bond donors (Lipinski definition) is 0. The van der Waals surface area contributed by atoms with Crippen molar-refractivity contribution < 1.29 is 9.53 Å². The molecule has 2 aliphatic carbocycles. The lowest BCUT2D eigenvalue weighted by Gasteiger charge is -2.56. The summed E-state index contributed by atoms with van der Waals surface area (Å²) in [5.74, 6) is 0.113. The largest absolute Gasteiger partial charge is 0.374 e. The van der Waals surface area contributed by atoms with Crippen molar-refractivity contribution >= 4 is 16.8 Å². The molecule has 0 saturated heterocycles. The van der Waals surface area contributed by atoms with Gasteiger partial charge in [-0.2, -0.15) is 0 Å². The minimum atomic E-state index is -0.158. The van der Waals surface area contributed by atoms with Gasteiger partial charge in [-0.25, -0.2) is 0 Å². The van der Waals surface area contributed by atoms with Crippen molar-refractivity contribution in [1.29, 1.82) is 0 Å². The van der Waals surface area contributed by atoms with E-state index in [1.54, 1.807) is 0 Å². The van der Waals surface area contributed by atoms with Crippen LogP contribution in [0.5, 0.6) is 0 Å². The quantitative estimate of drug-likeness (QED) is 0.778. The summed E-state index contributed by atoms with van der Waals surface area (Å²) in [6.07, 6.45) is 4.51. The fourth-order valence-electron chi connectivity index (χ4n) is 3.29. The van der Waals surface area contributed by atoms with Crippen LogP contribution in [-0.4, -0.2) is 11.3 Å². The smallest absolute Gasteiger partial charge is 0.224 e. The fourth-order valence-corrected chi connectivity index (χ4v) is 3.45. The predicted molar refractivity (Wildman–Crippen MR) is 70.3 cm³/mol. The van der Waals surface area contributed by atoms with Gasteiger partial charge in [0, 0.05) is 5.92 Å². The van der Waals surface area contributed by atoms with Crippen LogP contribution in [-0.2, 0) is 16.1 Å². The van der Waals surface area contributed by atoms with Crippen LogP contribution in [0.1, 0.15) is 31.2 Å². The van der Waals surface area contributed by atoms with Crippen LogP contribution in [0.2, 0.25) is 0 Å². The van der Waals surface area contributed by atoms with Crippen LogP contribution >= 0.6 is 11.6 Å². The second-order valence-corrected chi connectivity index (χ2v) is 6.11. The topological polar surface area (TPSA) is 26.3 Å². The molecule has 0 radical (unpaired) electrons. The first kappa shape index (κ1) is 12.2. The Morgan fingerprint density at radius 2 is 1.89 bits per heavy atom. The minimum absolute atomic E-state index is 0.113. The average Bonchev–Trinajstić information content (AvgIpc) is 2.25. The molecule has 0 aliphatic heterocycles. The molecule has 2 nitrogen and oxygen atoms in total. The first-order valence-electron chi connectivity index (χ1n) is 6.52. The third-order valence-corrected chi connectivity index (χ3v) is 4.64. The van der Waals surface area contributed by atoms with E-state index in [1.807, 2.05) is 18.2 Å². The maximum Gasteiger partial charge on any atom is 0.224 e. The van der Waals surface area contributed by atoms with Crippen LogP contribution in [0.3, 0.4) is 0 Å². The average molecular weight is 265 g/mol. The molecule has 1 spiro atoms. The number of rotatable bonds is 4. The standard InChI is InChI=1S/C15H17ClO2/c16-14(17)12-6-15(7-12)8-13(9-15)18-10-11-4-2-1-3-5-11/h1-5,12-13H,6-10H2. The van der Waals surface area contributed by atoms with Crippen molar-refractivity contribution in [3.63, 3.8) is 0 Å². The van der Waals surface area contributed by atoms with Gasteiger partial charge in [-0.3, -0.25) is 4.79 Å². The van der Waals surface area contributed by atoms with E-state index >= 15 is 0 Å². The van der Waals surface area contributed by atoms with Gasteiger partial charge in [0.1, 0.15) is 0 Å². The van der Waals surface area contributed by atoms with E-state index in [2.05, 4.69) is 12.1 Å². The molecule has 0 N–H and O–H groups in total. The van der Waals surface area contributed by atoms with E-state index < -0.39 is 0 Å². The van der Waals surface area contributed by atoms with Crippen molar-refractivity contribution in [2.75, 3.05) is 0 Å². The highest BCUT2D eigenvalue weighted by Crippen LogP contribution is 2.59. The van der Waals surface area contributed by atoms with E-state index in [9.17, 15) is 4.79 Å². The van der Waals surface area contributed by atoms with Crippen molar-refractivity contribution in [1.82, 2.24) is 0 Å². The van der Waals surface area contributed by atoms with Crippen molar-refractivity contribution in [3.05, 3.63) is 35.9 Å². The molecule has 2 fully saturated rings. The summed E-state index contributed by atoms with van der Waals surface area (Å²) in [5, 5.41) is -0.158. The van der Waals surface area contributed by atoms with Crippen molar-refractivity contribution in [2.45, 2.75) is 38.4 Å². The Bertz CT molecular complexity index is 429. The van der Waals surface area contributed by atoms with Crippen LogP contribution in [0, 0.1) is 11.3 Å². The van der Waals surface area contributed by atoms with Gasteiger partial charge in [0.2, 0.25) is 5.24 Å². The van der Waals surface area contributed by atoms with Crippen molar-refractivity contribution in [3.8, 4) is 0 Å². The molecule has 0 amide bonds. The lowest BCUT2D eigenvalue weighted by Crippen LogP contribution is -2.52. The molecule has 3 heteroatoms. The van der Waals surface area contributed by atoms with Gasteiger partial charge in [0.25, 0.3) is 0 Å². The summed E-state index contributed by atoms with van der Waals surface area (Å²) < 4.78 is 5.87. The van der Waals surface area contributed by atoms with E-state index in [0.29, 0.717) is 18.1 Å². The SMILES string of the molecule is O=C(Cl)C1CC2(CC(OCc3ccccc3)C2)C1. The third kappa shape index (κ3) is 2.32. The molecule has 3 rings (SSSR count). The molecule has 18 heavy (non-hydrogen) atoms.